The van der Waals surface area contributed by atoms with E-state index in [4.69, 9.17) is 27.9 Å². The van der Waals surface area contributed by atoms with E-state index in [0.717, 1.165) is 13.1 Å². The monoisotopic (exact) mass is 373 g/mol. The SMILES string of the molecule is CCOC(=O)N1CCN(CCC(=O)Nc2cccc(Cl)c2Cl)CC1. The quantitative estimate of drug-likeness (QED) is 0.861. The number of nitrogens with one attached hydrogen (secondary N) is 1. The van der Waals surface area contributed by atoms with E-state index in [1.807, 2.05) is 0 Å². The number of ether oxygens (including phenoxy) is 1. The van der Waals surface area contributed by atoms with Crippen LogP contribution in [0, 0.1) is 0 Å². The number of benzene rings is 1. The molecule has 1 aliphatic rings. The summed E-state index contributed by atoms with van der Waals surface area (Å²) in [5.41, 5.74) is 0.515. The summed E-state index contributed by atoms with van der Waals surface area (Å²) >= 11 is 12.0. The predicted molar refractivity (Wildman–Crippen MR) is 94.7 cm³/mol. The molecule has 0 aliphatic carbocycles. The van der Waals surface area contributed by atoms with Gasteiger partial charge in [-0.1, -0.05) is 29.3 Å². The van der Waals surface area contributed by atoms with E-state index in [1.54, 1.807) is 30.0 Å². The van der Waals surface area contributed by atoms with E-state index in [0.29, 0.717) is 48.4 Å². The molecular formula is C16H21Cl2N3O3. The van der Waals surface area contributed by atoms with Crippen molar-refractivity contribution >= 4 is 40.9 Å². The maximum atomic E-state index is 12.1. The molecule has 0 unspecified atom stereocenters. The minimum atomic E-state index is -0.273. The Kier molecular flexibility index (Phi) is 7.15. The number of anilines is 1. The Bertz CT molecular complexity index is 590. The van der Waals surface area contributed by atoms with Gasteiger partial charge < -0.3 is 15.0 Å². The van der Waals surface area contributed by atoms with Crippen molar-refractivity contribution in [3.63, 3.8) is 0 Å². The number of halogens is 2. The van der Waals surface area contributed by atoms with Crippen LogP contribution in [-0.4, -0.2) is 61.1 Å². The fourth-order valence-electron chi connectivity index (χ4n) is 2.44. The maximum absolute atomic E-state index is 12.1. The van der Waals surface area contributed by atoms with Crippen molar-refractivity contribution in [2.45, 2.75) is 13.3 Å². The van der Waals surface area contributed by atoms with Crippen LogP contribution >= 0.6 is 23.2 Å². The second-order valence-corrected chi connectivity index (χ2v) is 6.21. The smallest absolute Gasteiger partial charge is 0.409 e. The molecule has 0 atom stereocenters. The lowest BCUT2D eigenvalue weighted by atomic mass is 10.2. The summed E-state index contributed by atoms with van der Waals surface area (Å²) < 4.78 is 4.98. The van der Waals surface area contributed by atoms with Crippen LogP contribution in [0.25, 0.3) is 0 Å². The number of carbonyl (C=O) groups excluding carboxylic acids is 2. The van der Waals surface area contributed by atoms with Gasteiger partial charge in [0.05, 0.1) is 22.3 Å². The molecule has 1 heterocycles. The molecule has 1 saturated heterocycles. The molecule has 24 heavy (non-hydrogen) atoms. The van der Waals surface area contributed by atoms with Crippen molar-refractivity contribution < 1.29 is 14.3 Å². The number of carbonyl (C=O) groups is 2. The van der Waals surface area contributed by atoms with Gasteiger partial charge in [0.2, 0.25) is 5.91 Å². The third-order valence-corrected chi connectivity index (χ3v) is 4.60. The average Bonchev–Trinajstić information content (AvgIpc) is 2.58. The molecule has 0 radical (unpaired) electrons. The Hall–Kier alpha value is -1.50. The highest BCUT2D eigenvalue weighted by Crippen LogP contribution is 2.29. The summed E-state index contributed by atoms with van der Waals surface area (Å²) in [6.45, 7) is 5.47. The Morgan fingerprint density at radius 2 is 1.92 bits per heavy atom. The van der Waals surface area contributed by atoms with Gasteiger partial charge in [0.25, 0.3) is 0 Å². The molecule has 6 nitrogen and oxygen atoms in total. The molecule has 2 amide bonds. The second-order valence-electron chi connectivity index (χ2n) is 5.43. The van der Waals surface area contributed by atoms with Crippen LogP contribution in [0.1, 0.15) is 13.3 Å². The highest BCUT2D eigenvalue weighted by Gasteiger charge is 2.22. The highest BCUT2D eigenvalue weighted by atomic mass is 35.5. The number of amides is 2. The molecule has 0 bridgehead atoms. The summed E-state index contributed by atoms with van der Waals surface area (Å²) in [6.07, 6.45) is 0.0768. The van der Waals surface area contributed by atoms with Crippen molar-refractivity contribution in [1.82, 2.24) is 9.80 Å². The summed E-state index contributed by atoms with van der Waals surface area (Å²) in [7, 11) is 0. The van der Waals surface area contributed by atoms with Gasteiger partial charge >= 0.3 is 6.09 Å². The molecule has 8 heteroatoms. The van der Waals surface area contributed by atoms with Crippen molar-refractivity contribution in [3.05, 3.63) is 28.2 Å². The van der Waals surface area contributed by atoms with E-state index in [-0.39, 0.29) is 12.0 Å². The minimum Gasteiger partial charge on any atom is -0.450 e. The first-order valence-corrected chi connectivity index (χ1v) is 8.64. The Balaban J connectivity index is 1.73. The summed E-state index contributed by atoms with van der Waals surface area (Å²) in [5.74, 6) is -0.119. The number of hydrogen-bond donors (Lipinski definition) is 1. The zero-order valence-electron chi connectivity index (χ0n) is 13.6. The normalized spacial score (nSPS) is 15.2. The van der Waals surface area contributed by atoms with Crippen molar-refractivity contribution in [1.29, 1.82) is 0 Å². The average molecular weight is 374 g/mol. The van der Waals surface area contributed by atoms with Crippen LogP contribution in [-0.2, 0) is 9.53 Å². The summed E-state index contributed by atoms with van der Waals surface area (Å²) in [5, 5.41) is 3.52. The highest BCUT2D eigenvalue weighted by molar-refractivity contribution is 6.43. The van der Waals surface area contributed by atoms with E-state index in [2.05, 4.69) is 10.2 Å². The van der Waals surface area contributed by atoms with Gasteiger partial charge in [0, 0.05) is 39.1 Å². The van der Waals surface area contributed by atoms with Crippen LogP contribution in [0.5, 0.6) is 0 Å². The van der Waals surface area contributed by atoms with Crippen molar-refractivity contribution in [2.75, 3.05) is 44.6 Å². The molecular weight excluding hydrogens is 353 g/mol. The van der Waals surface area contributed by atoms with Crippen molar-refractivity contribution in [3.8, 4) is 0 Å². The first kappa shape index (κ1) is 18.8. The molecule has 1 aliphatic heterocycles. The van der Waals surface area contributed by atoms with E-state index < -0.39 is 0 Å². The number of rotatable bonds is 5. The molecule has 2 rings (SSSR count). The Labute approximate surface area is 151 Å². The Morgan fingerprint density at radius 1 is 1.21 bits per heavy atom. The number of nitrogens with zero attached hydrogens (tertiary/aromatic N) is 2. The molecule has 0 spiro atoms. The van der Waals surface area contributed by atoms with Crippen LogP contribution in [0.2, 0.25) is 10.0 Å². The molecule has 0 aromatic heterocycles. The molecule has 1 fully saturated rings. The van der Waals surface area contributed by atoms with E-state index >= 15 is 0 Å². The summed E-state index contributed by atoms with van der Waals surface area (Å²) in [4.78, 5) is 27.5. The topological polar surface area (TPSA) is 61.9 Å². The predicted octanol–water partition coefficient (Wildman–Crippen LogP) is 3.10. The first-order valence-electron chi connectivity index (χ1n) is 7.89. The van der Waals surface area contributed by atoms with Gasteiger partial charge in [-0.2, -0.15) is 0 Å². The third kappa shape index (κ3) is 5.26. The van der Waals surface area contributed by atoms with Gasteiger partial charge in [0.15, 0.2) is 0 Å². The maximum Gasteiger partial charge on any atom is 0.409 e. The fraction of sp³-hybridized carbons (Fsp3) is 0.500. The van der Waals surface area contributed by atoms with Gasteiger partial charge in [0.1, 0.15) is 0 Å². The second kappa shape index (κ2) is 9.11. The van der Waals surface area contributed by atoms with Crippen LogP contribution < -0.4 is 5.32 Å². The lowest BCUT2D eigenvalue weighted by Crippen LogP contribution is -2.49. The van der Waals surface area contributed by atoms with Crippen LogP contribution in [0.4, 0.5) is 10.5 Å². The standard InChI is InChI=1S/C16H21Cl2N3O3/c1-2-24-16(23)21-10-8-20(9-11-21)7-6-14(22)19-13-5-3-4-12(17)15(13)18/h3-5H,2,6-11H2,1H3,(H,19,22). The number of hydrogen-bond acceptors (Lipinski definition) is 4. The van der Waals surface area contributed by atoms with Gasteiger partial charge in [-0.3, -0.25) is 9.69 Å². The molecule has 0 saturated carbocycles. The largest absolute Gasteiger partial charge is 0.450 e. The lowest BCUT2D eigenvalue weighted by molar-refractivity contribution is -0.116. The number of piperazine rings is 1. The van der Waals surface area contributed by atoms with Crippen LogP contribution in [0.15, 0.2) is 18.2 Å². The zero-order valence-corrected chi connectivity index (χ0v) is 15.1. The van der Waals surface area contributed by atoms with E-state index in [1.165, 1.54) is 0 Å². The lowest BCUT2D eigenvalue weighted by Gasteiger charge is -2.33. The Morgan fingerprint density at radius 3 is 2.58 bits per heavy atom. The minimum absolute atomic E-state index is 0.119. The molecule has 1 N–H and O–H groups in total. The molecule has 1 aromatic rings. The third-order valence-electron chi connectivity index (χ3n) is 3.78. The molecule has 1 aromatic carbocycles. The van der Waals surface area contributed by atoms with Crippen LogP contribution in [0.3, 0.4) is 0 Å². The van der Waals surface area contributed by atoms with Crippen molar-refractivity contribution in [2.24, 2.45) is 0 Å². The first-order chi connectivity index (χ1) is 11.5. The fourth-order valence-corrected chi connectivity index (χ4v) is 2.79. The van der Waals surface area contributed by atoms with Gasteiger partial charge in [-0.15, -0.1) is 0 Å². The zero-order chi connectivity index (χ0) is 17.5. The van der Waals surface area contributed by atoms with Gasteiger partial charge in [-0.25, -0.2) is 4.79 Å². The summed E-state index contributed by atoms with van der Waals surface area (Å²) in [6, 6.07) is 5.12. The van der Waals surface area contributed by atoms with Gasteiger partial charge in [-0.05, 0) is 19.1 Å². The van der Waals surface area contributed by atoms with E-state index in [9.17, 15) is 9.59 Å². The molecule has 132 valence electrons.